The summed E-state index contributed by atoms with van der Waals surface area (Å²) in [5, 5.41) is 4.27. The van der Waals surface area contributed by atoms with E-state index in [4.69, 9.17) is 6.42 Å². The molecular formula is C9H12N2. The lowest BCUT2D eigenvalue weighted by Crippen LogP contribution is -1.98. The van der Waals surface area contributed by atoms with E-state index in [-0.39, 0.29) is 0 Å². The van der Waals surface area contributed by atoms with Gasteiger partial charge in [0.15, 0.2) is 0 Å². The molecule has 0 aliphatic carbocycles. The molecule has 0 amide bonds. The molecule has 2 heteroatoms. The van der Waals surface area contributed by atoms with E-state index in [1.807, 2.05) is 18.5 Å². The molecule has 0 atom stereocenters. The van der Waals surface area contributed by atoms with Gasteiger partial charge in [-0.05, 0) is 20.8 Å². The van der Waals surface area contributed by atoms with Gasteiger partial charge in [-0.3, -0.25) is 4.68 Å². The van der Waals surface area contributed by atoms with E-state index < -0.39 is 0 Å². The highest BCUT2D eigenvalue weighted by Crippen LogP contribution is 2.10. The molecule has 1 aromatic heterocycles. The van der Waals surface area contributed by atoms with E-state index in [2.05, 4.69) is 17.9 Å². The Morgan fingerprint density at radius 2 is 2.18 bits per heavy atom. The van der Waals surface area contributed by atoms with Crippen LogP contribution in [0, 0.1) is 26.2 Å². The summed E-state index contributed by atoms with van der Waals surface area (Å²) in [7, 11) is 0. The Kier molecular flexibility index (Phi) is 2.00. The van der Waals surface area contributed by atoms with Crippen molar-refractivity contribution in [2.75, 3.05) is 0 Å². The molecule has 0 bridgehead atoms. The second-order valence-electron chi connectivity index (χ2n) is 2.51. The number of aromatic nitrogens is 2. The Morgan fingerprint density at radius 1 is 1.55 bits per heavy atom. The van der Waals surface area contributed by atoms with Gasteiger partial charge < -0.3 is 0 Å². The maximum Gasteiger partial charge on any atom is 0.0752 e. The predicted molar refractivity (Wildman–Crippen MR) is 45.3 cm³/mol. The molecule has 0 N–H and O–H groups in total. The second kappa shape index (κ2) is 2.79. The van der Waals surface area contributed by atoms with Gasteiger partial charge in [-0.1, -0.05) is 5.92 Å². The largest absolute Gasteiger partial charge is 0.269 e. The van der Waals surface area contributed by atoms with Crippen molar-refractivity contribution in [1.82, 2.24) is 9.78 Å². The number of nitrogens with zero attached hydrogens (tertiary/aromatic N) is 2. The van der Waals surface area contributed by atoms with Crippen molar-refractivity contribution in [3.8, 4) is 12.3 Å². The van der Waals surface area contributed by atoms with Gasteiger partial charge in [0.2, 0.25) is 0 Å². The summed E-state index contributed by atoms with van der Waals surface area (Å²) in [6.07, 6.45) is 5.32. The van der Waals surface area contributed by atoms with E-state index in [1.165, 1.54) is 0 Å². The minimum Gasteiger partial charge on any atom is -0.269 e. The lowest BCUT2D eigenvalue weighted by atomic mass is 10.2. The maximum absolute atomic E-state index is 5.32. The van der Waals surface area contributed by atoms with Crippen LogP contribution < -0.4 is 0 Å². The Bertz CT molecular complexity index is 302. The first kappa shape index (κ1) is 7.87. The zero-order chi connectivity index (χ0) is 8.43. The molecule has 0 aliphatic heterocycles. The first-order chi connectivity index (χ1) is 5.20. The SMILES string of the molecule is C#Cc1c(C)nn(CC)c1C. The fourth-order valence-corrected chi connectivity index (χ4v) is 1.21. The molecule has 1 aromatic rings. The van der Waals surface area contributed by atoms with E-state index in [9.17, 15) is 0 Å². The average molecular weight is 148 g/mol. The molecule has 11 heavy (non-hydrogen) atoms. The third kappa shape index (κ3) is 1.14. The van der Waals surface area contributed by atoms with Crippen LogP contribution in [0.5, 0.6) is 0 Å². The van der Waals surface area contributed by atoms with Gasteiger partial charge in [-0.25, -0.2) is 0 Å². The summed E-state index contributed by atoms with van der Waals surface area (Å²) < 4.78 is 1.92. The summed E-state index contributed by atoms with van der Waals surface area (Å²) >= 11 is 0. The van der Waals surface area contributed by atoms with Gasteiger partial charge in [0.25, 0.3) is 0 Å². The van der Waals surface area contributed by atoms with Crippen LogP contribution in [0.3, 0.4) is 0 Å². The topological polar surface area (TPSA) is 17.8 Å². The molecule has 0 spiro atoms. The van der Waals surface area contributed by atoms with Crippen molar-refractivity contribution in [1.29, 1.82) is 0 Å². The molecule has 0 saturated carbocycles. The van der Waals surface area contributed by atoms with Crippen molar-refractivity contribution in [2.45, 2.75) is 27.3 Å². The average Bonchev–Trinajstić information content (AvgIpc) is 2.26. The van der Waals surface area contributed by atoms with Crippen molar-refractivity contribution in [3.63, 3.8) is 0 Å². The first-order valence-corrected chi connectivity index (χ1v) is 3.71. The normalized spacial score (nSPS) is 9.64. The van der Waals surface area contributed by atoms with E-state index in [1.54, 1.807) is 0 Å². The highest BCUT2D eigenvalue weighted by atomic mass is 15.3. The highest BCUT2D eigenvalue weighted by molar-refractivity contribution is 5.39. The highest BCUT2D eigenvalue weighted by Gasteiger charge is 2.06. The number of rotatable bonds is 1. The van der Waals surface area contributed by atoms with E-state index >= 15 is 0 Å². The Hall–Kier alpha value is -1.23. The summed E-state index contributed by atoms with van der Waals surface area (Å²) in [5.41, 5.74) is 2.98. The fourth-order valence-electron chi connectivity index (χ4n) is 1.21. The molecule has 1 heterocycles. The van der Waals surface area contributed by atoms with Crippen LogP contribution in [0.15, 0.2) is 0 Å². The maximum atomic E-state index is 5.32. The minimum absolute atomic E-state index is 0.883. The van der Waals surface area contributed by atoms with Crippen LogP contribution in [-0.4, -0.2) is 9.78 Å². The van der Waals surface area contributed by atoms with Crippen LogP contribution in [-0.2, 0) is 6.54 Å². The zero-order valence-corrected chi connectivity index (χ0v) is 7.18. The number of hydrogen-bond donors (Lipinski definition) is 0. The van der Waals surface area contributed by atoms with Gasteiger partial charge in [-0.2, -0.15) is 5.10 Å². The molecule has 0 aromatic carbocycles. The third-order valence-corrected chi connectivity index (χ3v) is 1.83. The van der Waals surface area contributed by atoms with Crippen molar-refractivity contribution in [3.05, 3.63) is 17.0 Å². The van der Waals surface area contributed by atoms with Crippen LogP contribution >= 0.6 is 0 Å². The fraction of sp³-hybridized carbons (Fsp3) is 0.444. The van der Waals surface area contributed by atoms with Crippen molar-refractivity contribution in [2.24, 2.45) is 0 Å². The van der Waals surface area contributed by atoms with Crippen LogP contribution in [0.4, 0.5) is 0 Å². The van der Waals surface area contributed by atoms with Gasteiger partial charge >= 0.3 is 0 Å². The Labute approximate surface area is 67.2 Å². The van der Waals surface area contributed by atoms with Crippen LogP contribution in [0.25, 0.3) is 0 Å². The van der Waals surface area contributed by atoms with Crippen LogP contribution in [0.1, 0.15) is 23.9 Å². The molecule has 58 valence electrons. The standard InChI is InChI=1S/C9H12N2/c1-5-9-7(3)10-11(6-2)8(9)4/h1H,6H2,2-4H3. The molecule has 0 saturated heterocycles. The molecular weight excluding hydrogens is 136 g/mol. The minimum atomic E-state index is 0.883. The van der Waals surface area contributed by atoms with Gasteiger partial charge in [0.1, 0.15) is 0 Å². The van der Waals surface area contributed by atoms with Gasteiger partial charge in [-0.15, -0.1) is 6.42 Å². The summed E-state index contributed by atoms with van der Waals surface area (Å²) in [5.74, 6) is 2.63. The summed E-state index contributed by atoms with van der Waals surface area (Å²) in [6.45, 7) is 6.88. The zero-order valence-electron chi connectivity index (χ0n) is 7.18. The third-order valence-electron chi connectivity index (χ3n) is 1.83. The molecule has 1 rings (SSSR count). The van der Waals surface area contributed by atoms with Gasteiger partial charge in [0, 0.05) is 6.54 Å². The molecule has 2 nitrogen and oxygen atoms in total. The van der Waals surface area contributed by atoms with Crippen LogP contribution in [0.2, 0.25) is 0 Å². The first-order valence-electron chi connectivity index (χ1n) is 3.71. The molecule has 0 fully saturated rings. The number of hydrogen-bond acceptors (Lipinski definition) is 1. The Morgan fingerprint density at radius 3 is 2.45 bits per heavy atom. The van der Waals surface area contributed by atoms with Gasteiger partial charge in [0.05, 0.1) is 17.0 Å². The van der Waals surface area contributed by atoms with E-state index in [0.717, 1.165) is 23.5 Å². The second-order valence-corrected chi connectivity index (χ2v) is 2.51. The molecule has 0 aliphatic rings. The molecule has 0 radical (unpaired) electrons. The summed E-state index contributed by atoms with van der Waals surface area (Å²) in [6, 6.07) is 0. The Balaban J connectivity index is 3.28. The lowest BCUT2D eigenvalue weighted by Gasteiger charge is -1.96. The number of aryl methyl sites for hydroxylation is 2. The number of terminal acetylenes is 1. The predicted octanol–water partition coefficient (Wildman–Crippen LogP) is 1.50. The van der Waals surface area contributed by atoms with E-state index in [0.29, 0.717) is 0 Å². The summed E-state index contributed by atoms with van der Waals surface area (Å²) in [4.78, 5) is 0. The molecule has 0 unspecified atom stereocenters. The van der Waals surface area contributed by atoms with Crippen molar-refractivity contribution < 1.29 is 0 Å². The quantitative estimate of drug-likeness (QED) is 0.552. The smallest absolute Gasteiger partial charge is 0.0752 e. The monoisotopic (exact) mass is 148 g/mol. The lowest BCUT2D eigenvalue weighted by molar-refractivity contribution is 0.634. The van der Waals surface area contributed by atoms with Crippen molar-refractivity contribution >= 4 is 0 Å².